The second-order valence-electron chi connectivity index (χ2n) is 5.89. The summed E-state index contributed by atoms with van der Waals surface area (Å²) in [5, 5.41) is 7.30. The van der Waals surface area contributed by atoms with Gasteiger partial charge in [-0.2, -0.15) is 0 Å². The molecule has 0 saturated carbocycles. The predicted octanol–water partition coefficient (Wildman–Crippen LogP) is 4.47. The molecule has 1 atom stereocenters. The van der Waals surface area contributed by atoms with Crippen molar-refractivity contribution in [3.8, 4) is 11.5 Å². The van der Waals surface area contributed by atoms with Crippen LogP contribution in [0.2, 0.25) is 0 Å². The fourth-order valence-electron chi connectivity index (χ4n) is 2.53. The number of benzene rings is 1. The molecule has 0 spiro atoms. The van der Waals surface area contributed by atoms with Crippen molar-refractivity contribution in [1.29, 1.82) is 0 Å². The van der Waals surface area contributed by atoms with E-state index in [1.54, 1.807) is 30.6 Å². The summed E-state index contributed by atoms with van der Waals surface area (Å²) in [6.45, 7) is 6.38. The number of aromatic nitrogens is 2. The zero-order valence-electron chi connectivity index (χ0n) is 14.4. The number of nitrogens with one attached hydrogen (secondary N) is 1. The number of halogens is 1. The Hall–Kier alpha value is -2.73. The van der Waals surface area contributed by atoms with Gasteiger partial charge < -0.3 is 14.6 Å². The maximum atomic E-state index is 14.3. The van der Waals surface area contributed by atoms with Gasteiger partial charge in [-0.05, 0) is 50.6 Å². The number of nitrogens with zero attached hydrogens (tertiary/aromatic N) is 2. The van der Waals surface area contributed by atoms with Crippen LogP contribution < -0.4 is 10.1 Å². The lowest BCUT2D eigenvalue weighted by Crippen LogP contribution is -2.19. The second-order valence-corrected chi connectivity index (χ2v) is 5.89. The van der Waals surface area contributed by atoms with Crippen LogP contribution in [0.5, 0.6) is 11.5 Å². The normalized spacial score (nSPS) is 12.2. The molecule has 130 valence electrons. The first-order valence-electron chi connectivity index (χ1n) is 8.07. The summed E-state index contributed by atoms with van der Waals surface area (Å²) < 4.78 is 25.0. The highest BCUT2D eigenvalue weighted by Gasteiger charge is 2.13. The average molecular weight is 341 g/mol. The van der Waals surface area contributed by atoms with Gasteiger partial charge in [0.05, 0.1) is 11.9 Å². The molecule has 0 unspecified atom stereocenters. The summed E-state index contributed by atoms with van der Waals surface area (Å²) in [6.07, 6.45) is 3.18. The zero-order valence-corrected chi connectivity index (χ0v) is 14.4. The molecule has 0 aliphatic heterocycles. The van der Waals surface area contributed by atoms with Crippen LogP contribution in [0.1, 0.15) is 35.5 Å². The molecule has 0 radical (unpaired) electrons. The molecule has 25 heavy (non-hydrogen) atoms. The highest BCUT2D eigenvalue weighted by atomic mass is 19.1. The fraction of sp³-hybridized carbons (Fsp3) is 0.263. The van der Waals surface area contributed by atoms with E-state index >= 15 is 0 Å². The predicted molar refractivity (Wildman–Crippen MR) is 91.9 cm³/mol. The Labute approximate surface area is 145 Å². The van der Waals surface area contributed by atoms with Gasteiger partial charge in [0.25, 0.3) is 0 Å². The minimum atomic E-state index is -0.410. The summed E-state index contributed by atoms with van der Waals surface area (Å²) in [7, 11) is 0. The number of hydrogen-bond acceptors (Lipinski definition) is 5. The summed E-state index contributed by atoms with van der Waals surface area (Å²) in [5.74, 6) is 1.06. The summed E-state index contributed by atoms with van der Waals surface area (Å²) in [5.41, 5.74) is 2.73. The van der Waals surface area contributed by atoms with Crippen LogP contribution in [0.4, 0.5) is 4.39 Å². The first kappa shape index (κ1) is 17.1. The Morgan fingerprint density at radius 2 is 2.12 bits per heavy atom. The van der Waals surface area contributed by atoms with E-state index in [4.69, 9.17) is 9.26 Å². The van der Waals surface area contributed by atoms with E-state index in [9.17, 15) is 4.39 Å². The molecule has 1 aromatic carbocycles. The maximum absolute atomic E-state index is 14.3. The Kier molecular flexibility index (Phi) is 5.09. The monoisotopic (exact) mass is 341 g/mol. The molecule has 2 aromatic heterocycles. The first-order valence-corrected chi connectivity index (χ1v) is 8.07. The second kappa shape index (κ2) is 7.44. The molecule has 0 saturated heterocycles. The number of ether oxygens (including phenoxy) is 1. The van der Waals surface area contributed by atoms with Crippen molar-refractivity contribution in [3.05, 3.63) is 71.1 Å². The van der Waals surface area contributed by atoms with Gasteiger partial charge in [0, 0.05) is 24.3 Å². The molecule has 0 bridgehead atoms. The van der Waals surface area contributed by atoms with Gasteiger partial charge >= 0.3 is 0 Å². The molecule has 0 aliphatic rings. The van der Waals surface area contributed by atoms with E-state index in [0.717, 1.165) is 22.6 Å². The largest absolute Gasteiger partial charge is 0.453 e. The third kappa shape index (κ3) is 4.03. The van der Waals surface area contributed by atoms with Gasteiger partial charge in [0.1, 0.15) is 11.5 Å². The molecule has 2 heterocycles. The average Bonchev–Trinajstić information content (AvgIpc) is 2.93. The highest BCUT2D eigenvalue weighted by molar-refractivity contribution is 5.34. The minimum absolute atomic E-state index is 0.0318. The van der Waals surface area contributed by atoms with Gasteiger partial charge in [-0.15, -0.1) is 0 Å². The molecular formula is C19H20FN3O2. The van der Waals surface area contributed by atoms with Crippen LogP contribution in [0, 0.1) is 19.7 Å². The first-order chi connectivity index (χ1) is 12.0. The summed E-state index contributed by atoms with van der Waals surface area (Å²) in [6, 6.07) is 8.40. The van der Waals surface area contributed by atoms with Crippen LogP contribution in [0.15, 0.2) is 47.2 Å². The summed E-state index contributed by atoms with van der Waals surface area (Å²) in [4.78, 5) is 3.95. The molecule has 3 aromatic rings. The molecule has 6 heteroatoms. The molecule has 0 amide bonds. The minimum Gasteiger partial charge on any atom is -0.453 e. The van der Waals surface area contributed by atoms with E-state index in [1.807, 2.05) is 26.8 Å². The van der Waals surface area contributed by atoms with Gasteiger partial charge in [0.15, 0.2) is 11.6 Å². The van der Waals surface area contributed by atoms with Crippen LogP contribution in [0.3, 0.4) is 0 Å². The maximum Gasteiger partial charge on any atom is 0.166 e. The topological polar surface area (TPSA) is 60.2 Å². The Bertz CT molecular complexity index is 830. The number of aryl methyl sites for hydroxylation is 2. The molecular weight excluding hydrogens is 321 g/mol. The molecule has 0 aliphatic carbocycles. The van der Waals surface area contributed by atoms with Gasteiger partial charge in [0.2, 0.25) is 0 Å². The fourth-order valence-corrected chi connectivity index (χ4v) is 2.53. The van der Waals surface area contributed by atoms with Gasteiger partial charge in [-0.1, -0.05) is 11.2 Å². The standard InChI is InChI=1S/C19H20FN3O2/c1-12(22-11-17-13(2)23-25-14(17)3)15-6-7-19(18(20)9-15)24-16-5-4-8-21-10-16/h4-10,12,22H,11H2,1-3H3/t12-/m1/s1. The van der Waals surface area contributed by atoms with Crippen molar-refractivity contribution in [2.45, 2.75) is 33.4 Å². The van der Waals surface area contributed by atoms with Crippen LogP contribution in [-0.2, 0) is 6.54 Å². The van der Waals surface area contributed by atoms with E-state index in [2.05, 4.69) is 15.5 Å². The van der Waals surface area contributed by atoms with E-state index in [-0.39, 0.29) is 11.8 Å². The number of rotatable bonds is 6. The molecule has 5 nitrogen and oxygen atoms in total. The van der Waals surface area contributed by atoms with Crippen molar-refractivity contribution in [2.24, 2.45) is 0 Å². The van der Waals surface area contributed by atoms with Gasteiger partial charge in [-0.3, -0.25) is 4.98 Å². The molecule has 0 fully saturated rings. The Morgan fingerprint density at radius 3 is 2.76 bits per heavy atom. The van der Waals surface area contributed by atoms with Crippen LogP contribution >= 0.6 is 0 Å². The highest BCUT2D eigenvalue weighted by Crippen LogP contribution is 2.26. The SMILES string of the molecule is Cc1noc(C)c1CN[C@H](C)c1ccc(Oc2cccnc2)c(F)c1. The third-order valence-corrected chi connectivity index (χ3v) is 4.08. The lowest BCUT2D eigenvalue weighted by atomic mass is 10.1. The zero-order chi connectivity index (χ0) is 17.8. The van der Waals surface area contributed by atoms with Crippen molar-refractivity contribution >= 4 is 0 Å². The number of pyridine rings is 1. The Morgan fingerprint density at radius 1 is 1.28 bits per heavy atom. The molecule has 3 rings (SSSR count). The van der Waals surface area contributed by atoms with Crippen LogP contribution in [-0.4, -0.2) is 10.1 Å². The smallest absolute Gasteiger partial charge is 0.166 e. The summed E-state index contributed by atoms with van der Waals surface area (Å²) >= 11 is 0. The van der Waals surface area contributed by atoms with Crippen LogP contribution in [0.25, 0.3) is 0 Å². The van der Waals surface area contributed by atoms with E-state index in [0.29, 0.717) is 12.3 Å². The lowest BCUT2D eigenvalue weighted by molar-refractivity contribution is 0.391. The van der Waals surface area contributed by atoms with Crippen molar-refractivity contribution < 1.29 is 13.7 Å². The third-order valence-electron chi connectivity index (χ3n) is 4.08. The Balaban J connectivity index is 1.67. The lowest BCUT2D eigenvalue weighted by Gasteiger charge is -2.15. The molecule has 1 N–H and O–H groups in total. The number of hydrogen-bond donors (Lipinski definition) is 1. The van der Waals surface area contributed by atoms with E-state index in [1.165, 1.54) is 6.07 Å². The van der Waals surface area contributed by atoms with Gasteiger partial charge in [-0.25, -0.2) is 4.39 Å². The van der Waals surface area contributed by atoms with Crippen molar-refractivity contribution in [1.82, 2.24) is 15.5 Å². The van der Waals surface area contributed by atoms with Crippen molar-refractivity contribution in [3.63, 3.8) is 0 Å². The van der Waals surface area contributed by atoms with E-state index < -0.39 is 5.82 Å². The quantitative estimate of drug-likeness (QED) is 0.717. The van der Waals surface area contributed by atoms with Crippen molar-refractivity contribution in [2.75, 3.05) is 0 Å².